The highest BCUT2D eigenvalue weighted by Crippen LogP contribution is 2.42. The van der Waals surface area contributed by atoms with Gasteiger partial charge >= 0.3 is 0 Å². The molecule has 0 fully saturated rings. The number of rotatable bonds is 5. The van der Waals surface area contributed by atoms with Gasteiger partial charge in [-0.2, -0.15) is 5.10 Å². The van der Waals surface area contributed by atoms with Crippen molar-refractivity contribution in [3.05, 3.63) is 60.7 Å². The molecular formula is C16H19N2OP. The van der Waals surface area contributed by atoms with Crippen molar-refractivity contribution in [3.8, 4) is 0 Å². The van der Waals surface area contributed by atoms with Gasteiger partial charge < -0.3 is 9.57 Å². The van der Waals surface area contributed by atoms with Crippen molar-refractivity contribution in [2.24, 2.45) is 5.10 Å². The van der Waals surface area contributed by atoms with Crippen molar-refractivity contribution in [3.63, 3.8) is 0 Å². The van der Waals surface area contributed by atoms with Crippen molar-refractivity contribution in [2.75, 3.05) is 20.3 Å². The van der Waals surface area contributed by atoms with Crippen molar-refractivity contribution < 1.29 is 4.57 Å². The average Bonchev–Trinajstić information content (AvgIpc) is 2.48. The largest absolute Gasteiger partial charge is 0.313 e. The summed E-state index contributed by atoms with van der Waals surface area (Å²) in [7, 11) is 1.05. The fraction of sp³-hybridized carbons (Fsp3) is 0.188. The van der Waals surface area contributed by atoms with Gasteiger partial charge in [-0.3, -0.25) is 0 Å². The topological polar surface area (TPSA) is 32.7 Å². The quantitative estimate of drug-likeness (QED) is 0.481. The molecule has 0 aliphatic carbocycles. The molecule has 0 bridgehead atoms. The summed E-state index contributed by atoms with van der Waals surface area (Å²) in [5.74, 6) is 0. The van der Waals surface area contributed by atoms with Crippen LogP contribution in [-0.2, 0) is 4.57 Å². The number of nitrogens with zero attached hydrogens (tertiary/aromatic N) is 2. The normalized spacial score (nSPS) is 11.7. The van der Waals surface area contributed by atoms with Crippen LogP contribution in [0.25, 0.3) is 0 Å². The van der Waals surface area contributed by atoms with Gasteiger partial charge in [0.2, 0.25) is 0 Å². The fourth-order valence-electron chi connectivity index (χ4n) is 2.01. The van der Waals surface area contributed by atoms with Gasteiger partial charge in [0.25, 0.3) is 0 Å². The van der Waals surface area contributed by atoms with Gasteiger partial charge in [-0.05, 0) is 0 Å². The Morgan fingerprint density at radius 3 is 1.80 bits per heavy atom. The maximum atomic E-state index is 13.5. The molecule has 0 radical (unpaired) electrons. The Bertz CT molecular complexity index is 565. The summed E-state index contributed by atoms with van der Waals surface area (Å²) in [6.45, 7) is 0. The third kappa shape index (κ3) is 3.37. The molecule has 0 aliphatic rings. The number of benzene rings is 2. The SMILES string of the molecule is CN(C)/N=C/CP(=O)(c1ccccc1)c1ccccc1. The van der Waals surface area contributed by atoms with Crippen LogP contribution in [0.4, 0.5) is 0 Å². The van der Waals surface area contributed by atoms with E-state index in [9.17, 15) is 4.57 Å². The Hall–Kier alpha value is -1.86. The monoisotopic (exact) mass is 286 g/mol. The Labute approximate surface area is 120 Å². The van der Waals surface area contributed by atoms with E-state index < -0.39 is 7.14 Å². The second kappa shape index (κ2) is 6.53. The molecule has 0 spiro atoms. The summed E-state index contributed by atoms with van der Waals surface area (Å²) in [5, 5.41) is 7.65. The van der Waals surface area contributed by atoms with Gasteiger partial charge in [-0.1, -0.05) is 60.7 Å². The molecule has 0 unspecified atom stereocenters. The summed E-state index contributed by atoms with van der Waals surface area (Å²) in [4.78, 5) is 0. The van der Waals surface area contributed by atoms with Crippen LogP contribution in [0.15, 0.2) is 65.8 Å². The highest BCUT2D eigenvalue weighted by molar-refractivity contribution is 7.79. The van der Waals surface area contributed by atoms with E-state index in [1.807, 2.05) is 74.8 Å². The lowest BCUT2D eigenvalue weighted by molar-refractivity contribution is 0.440. The lowest BCUT2D eigenvalue weighted by Gasteiger charge is -2.17. The Morgan fingerprint density at radius 1 is 0.950 bits per heavy atom. The molecule has 2 aromatic carbocycles. The van der Waals surface area contributed by atoms with E-state index in [1.54, 1.807) is 11.2 Å². The minimum absolute atomic E-state index is 0.430. The van der Waals surface area contributed by atoms with Crippen LogP contribution in [0.1, 0.15) is 0 Å². The van der Waals surface area contributed by atoms with Gasteiger partial charge in [0.15, 0.2) is 0 Å². The first kappa shape index (κ1) is 14.5. The first-order valence-corrected chi connectivity index (χ1v) is 8.42. The van der Waals surface area contributed by atoms with E-state index in [4.69, 9.17) is 0 Å². The van der Waals surface area contributed by atoms with Crippen molar-refractivity contribution in [1.82, 2.24) is 5.01 Å². The van der Waals surface area contributed by atoms with Gasteiger partial charge in [-0.15, -0.1) is 0 Å². The van der Waals surface area contributed by atoms with Crippen molar-refractivity contribution in [2.45, 2.75) is 0 Å². The first-order chi connectivity index (χ1) is 9.63. The first-order valence-electron chi connectivity index (χ1n) is 6.53. The van der Waals surface area contributed by atoms with Crippen LogP contribution in [-0.4, -0.2) is 31.5 Å². The third-order valence-corrected chi connectivity index (χ3v) is 5.94. The fourth-order valence-corrected chi connectivity index (χ4v) is 4.34. The Morgan fingerprint density at radius 2 is 1.40 bits per heavy atom. The smallest absolute Gasteiger partial charge is 0.148 e. The van der Waals surface area contributed by atoms with E-state index in [2.05, 4.69) is 5.10 Å². The third-order valence-electron chi connectivity index (χ3n) is 3.00. The Balaban J connectivity index is 2.42. The van der Waals surface area contributed by atoms with Crippen molar-refractivity contribution >= 4 is 24.0 Å². The lowest BCUT2D eigenvalue weighted by atomic mass is 10.4. The second-order valence-electron chi connectivity index (χ2n) is 4.74. The summed E-state index contributed by atoms with van der Waals surface area (Å²) in [6, 6.07) is 19.3. The van der Waals surface area contributed by atoms with Crippen LogP contribution in [0.3, 0.4) is 0 Å². The number of hydrazone groups is 1. The van der Waals surface area contributed by atoms with Gasteiger partial charge in [0.05, 0.1) is 0 Å². The molecule has 4 heteroatoms. The van der Waals surface area contributed by atoms with E-state index >= 15 is 0 Å². The van der Waals surface area contributed by atoms with E-state index in [0.717, 1.165) is 10.6 Å². The highest BCUT2D eigenvalue weighted by atomic mass is 31.2. The lowest BCUT2D eigenvalue weighted by Crippen LogP contribution is -2.19. The maximum absolute atomic E-state index is 13.5. The molecule has 0 aliphatic heterocycles. The summed E-state index contributed by atoms with van der Waals surface area (Å²) in [5.41, 5.74) is 0. The van der Waals surface area contributed by atoms with Gasteiger partial charge in [0, 0.05) is 37.1 Å². The van der Waals surface area contributed by atoms with Crippen LogP contribution in [0.2, 0.25) is 0 Å². The molecule has 20 heavy (non-hydrogen) atoms. The van der Waals surface area contributed by atoms with Crippen LogP contribution >= 0.6 is 7.14 Å². The second-order valence-corrected chi connectivity index (χ2v) is 7.62. The van der Waals surface area contributed by atoms with E-state index in [-0.39, 0.29) is 0 Å². The van der Waals surface area contributed by atoms with Crippen molar-refractivity contribution in [1.29, 1.82) is 0 Å². The number of hydrogen-bond donors (Lipinski definition) is 0. The molecule has 0 saturated carbocycles. The molecule has 0 amide bonds. The molecule has 0 saturated heterocycles. The zero-order valence-corrected chi connectivity index (χ0v) is 12.7. The number of hydrogen-bond acceptors (Lipinski definition) is 3. The minimum atomic E-state index is -2.66. The zero-order valence-electron chi connectivity index (χ0n) is 11.8. The van der Waals surface area contributed by atoms with Gasteiger partial charge in [0.1, 0.15) is 7.14 Å². The zero-order chi connectivity index (χ0) is 14.4. The van der Waals surface area contributed by atoms with Crippen LogP contribution < -0.4 is 10.6 Å². The van der Waals surface area contributed by atoms with Gasteiger partial charge in [-0.25, -0.2) is 0 Å². The molecular weight excluding hydrogens is 267 g/mol. The summed E-state index contributed by atoms with van der Waals surface area (Å²) >= 11 is 0. The molecule has 0 atom stereocenters. The molecule has 2 aromatic rings. The summed E-state index contributed by atoms with van der Waals surface area (Å²) in [6.07, 6.45) is 2.17. The van der Waals surface area contributed by atoms with E-state index in [0.29, 0.717) is 6.16 Å². The van der Waals surface area contributed by atoms with Crippen LogP contribution in [0, 0.1) is 0 Å². The average molecular weight is 286 g/mol. The minimum Gasteiger partial charge on any atom is -0.313 e. The molecule has 0 heterocycles. The Kier molecular flexibility index (Phi) is 4.75. The molecule has 2 rings (SSSR count). The standard InChI is InChI=1S/C16H19N2OP/c1-18(2)17-13-14-20(19,15-9-5-3-6-10-15)16-11-7-4-8-12-16/h3-13H,14H2,1-2H3/b17-13+. The molecule has 104 valence electrons. The molecule has 0 aromatic heterocycles. The summed E-state index contributed by atoms with van der Waals surface area (Å²) < 4.78 is 13.5. The van der Waals surface area contributed by atoms with Crippen LogP contribution in [0.5, 0.6) is 0 Å². The highest BCUT2D eigenvalue weighted by Gasteiger charge is 2.25. The molecule has 0 N–H and O–H groups in total. The van der Waals surface area contributed by atoms with E-state index in [1.165, 1.54) is 0 Å². The predicted molar refractivity (Wildman–Crippen MR) is 86.8 cm³/mol. The molecule has 3 nitrogen and oxygen atoms in total. The predicted octanol–water partition coefficient (Wildman–Crippen LogP) is 2.55. The maximum Gasteiger partial charge on any atom is 0.148 e.